The van der Waals surface area contributed by atoms with Crippen molar-refractivity contribution in [1.29, 1.82) is 0 Å². The molecule has 2 N–H and O–H groups in total. The minimum absolute atomic E-state index is 0.287. The lowest BCUT2D eigenvalue weighted by atomic mass is 10.1. The minimum Gasteiger partial charge on any atom is -0.436 e. The number of urea groups is 1. The lowest BCUT2D eigenvalue weighted by Crippen LogP contribution is -2.28. The van der Waals surface area contributed by atoms with Crippen molar-refractivity contribution in [2.75, 3.05) is 5.32 Å². The predicted molar refractivity (Wildman–Crippen MR) is 104 cm³/mol. The van der Waals surface area contributed by atoms with E-state index >= 15 is 0 Å². The van der Waals surface area contributed by atoms with Crippen molar-refractivity contribution in [3.8, 4) is 11.5 Å². The molecule has 2 aromatic carbocycles. The van der Waals surface area contributed by atoms with Crippen molar-refractivity contribution in [2.45, 2.75) is 13.5 Å². The third-order valence-electron chi connectivity index (χ3n) is 4.22. The third-order valence-corrected chi connectivity index (χ3v) is 4.22. The Labute approximate surface area is 156 Å². The van der Waals surface area contributed by atoms with E-state index in [1.54, 1.807) is 24.5 Å². The Balaban J connectivity index is 1.48. The largest absolute Gasteiger partial charge is 0.436 e. The number of oxazole rings is 1. The predicted octanol–water partition coefficient (Wildman–Crippen LogP) is 4.52. The molecule has 6 heteroatoms. The van der Waals surface area contributed by atoms with Gasteiger partial charge in [0.25, 0.3) is 0 Å². The number of pyridine rings is 1. The maximum atomic E-state index is 12.1. The fourth-order valence-electron chi connectivity index (χ4n) is 2.79. The minimum atomic E-state index is -0.287. The zero-order valence-corrected chi connectivity index (χ0v) is 14.8. The average Bonchev–Trinajstić information content (AvgIpc) is 3.10. The van der Waals surface area contributed by atoms with E-state index < -0.39 is 0 Å². The molecule has 27 heavy (non-hydrogen) atoms. The molecule has 0 aliphatic heterocycles. The van der Waals surface area contributed by atoms with Gasteiger partial charge in [0.15, 0.2) is 5.58 Å². The molecule has 0 unspecified atom stereocenters. The second-order valence-corrected chi connectivity index (χ2v) is 6.18. The summed E-state index contributed by atoms with van der Waals surface area (Å²) < 4.78 is 5.90. The summed E-state index contributed by atoms with van der Waals surface area (Å²) in [7, 11) is 0. The Morgan fingerprint density at radius 2 is 1.89 bits per heavy atom. The maximum Gasteiger partial charge on any atom is 0.319 e. The Bertz CT molecular complexity index is 1090. The lowest BCUT2D eigenvalue weighted by molar-refractivity contribution is 0.251. The van der Waals surface area contributed by atoms with Gasteiger partial charge in [-0.3, -0.25) is 4.98 Å². The van der Waals surface area contributed by atoms with Gasteiger partial charge in [0, 0.05) is 36.3 Å². The molecule has 0 fully saturated rings. The van der Waals surface area contributed by atoms with E-state index in [9.17, 15) is 4.79 Å². The van der Waals surface area contributed by atoms with E-state index in [0.29, 0.717) is 23.7 Å². The zero-order chi connectivity index (χ0) is 18.6. The molecule has 0 spiro atoms. The Morgan fingerprint density at radius 3 is 2.70 bits per heavy atom. The molecule has 2 heterocycles. The van der Waals surface area contributed by atoms with Crippen LogP contribution in [0.25, 0.3) is 22.6 Å². The number of fused-ring (bicyclic) bond motifs is 1. The molecule has 2 amide bonds. The van der Waals surface area contributed by atoms with Gasteiger partial charge in [0.05, 0.1) is 0 Å². The van der Waals surface area contributed by atoms with Crippen LogP contribution in [0.4, 0.5) is 10.5 Å². The number of hydrogen-bond acceptors (Lipinski definition) is 4. The number of carbonyl (C=O) groups is 1. The molecule has 0 saturated carbocycles. The number of anilines is 1. The van der Waals surface area contributed by atoms with Crippen LogP contribution < -0.4 is 10.6 Å². The average molecular weight is 358 g/mol. The molecule has 0 atom stereocenters. The van der Waals surface area contributed by atoms with Crippen LogP contribution in [-0.2, 0) is 6.54 Å². The summed E-state index contributed by atoms with van der Waals surface area (Å²) in [6.45, 7) is 2.45. The summed E-state index contributed by atoms with van der Waals surface area (Å²) in [4.78, 5) is 20.6. The normalized spacial score (nSPS) is 10.7. The molecule has 0 aliphatic carbocycles. The molecule has 4 aromatic rings. The first-order valence-corrected chi connectivity index (χ1v) is 8.59. The standard InChI is InChI=1S/C21H18N4O2/c1-14-4-2-3-5-17(14)20-25-18-7-6-16(12-19(18)27-20)24-21(26)23-13-15-8-10-22-11-9-15/h2-12H,13H2,1H3,(H2,23,24,26). The van der Waals surface area contributed by atoms with E-state index in [4.69, 9.17) is 4.42 Å². The third kappa shape index (κ3) is 3.79. The molecular weight excluding hydrogens is 340 g/mol. The number of rotatable bonds is 4. The van der Waals surface area contributed by atoms with Crippen molar-refractivity contribution in [2.24, 2.45) is 0 Å². The Morgan fingerprint density at radius 1 is 1.07 bits per heavy atom. The summed E-state index contributed by atoms with van der Waals surface area (Å²) in [5.41, 5.74) is 5.04. The molecule has 0 bridgehead atoms. The molecule has 0 saturated heterocycles. The van der Waals surface area contributed by atoms with E-state index in [0.717, 1.165) is 22.2 Å². The number of hydrogen-bond donors (Lipinski definition) is 2. The fraction of sp³-hybridized carbons (Fsp3) is 0.0952. The van der Waals surface area contributed by atoms with Gasteiger partial charge in [0.2, 0.25) is 5.89 Å². The van der Waals surface area contributed by atoms with Gasteiger partial charge in [-0.15, -0.1) is 0 Å². The summed E-state index contributed by atoms with van der Waals surface area (Å²) >= 11 is 0. The first-order valence-electron chi connectivity index (χ1n) is 8.59. The van der Waals surface area contributed by atoms with E-state index in [1.807, 2.05) is 49.4 Å². The Kier molecular flexibility index (Phi) is 4.53. The van der Waals surface area contributed by atoms with Gasteiger partial charge in [0.1, 0.15) is 5.52 Å². The number of benzene rings is 2. The molecule has 0 radical (unpaired) electrons. The van der Waals surface area contributed by atoms with E-state index in [2.05, 4.69) is 20.6 Å². The van der Waals surface area contributed by atoms with Crippen LogP contribution in [0.5, 0.6) is 0 Å². The summed E-state index contributed by atoms with van der Waals surface area (Å²) in [5, 5.41) is 5.62. The topological polar surface area (TPSA) is 80.0 Å². The van der Waals surface area contributed by atoms with Crippen LogP contribution in [-0.4, -0.2) is 16.0 Å². The molecule has 6 nitrogen and oxygen atoms in total. The zero-order valence-electron chi connectivity index (χ0n) is 14.8. The van der Waals surface area contributed by atoms with Crippen molar-refractivity contribution in [1.82, 2.24) is 15.3 Å². The van der Waals surface area contributed by atoms with Crippen molar-refractivity contribution >= 4 is 22.8 Å². The van der Waals surface area contributed by atoms with Gasteiger partial charge in [-0.1, -0.05) is 18.2 Å². The van der Waals surface area contributed by atoms with Gasteiger partial charge in [-0.05, 0) is 48.4 Å². The highest BCUT2D eigenvalue weighted by Gasteiger charge is 2.11. The van der Waals surface area contributed by atoms with Crippen LogP contribution in [0.3, 0.4) is 0 Å². The number of aryl methyl sites for hydroxylation is 1. The number of amides is 2. The van der Waals surface area contributed by atoms with Crippen molar-refractivity contribution in [3.05, 3.63) is 78.1 Å². The van der Waals surface area contributed by atoms with Crippen LogP contribution in [0.15, 0.2) is 71.4 Å². The SMILES string of the molecule is Cc1ccccc1-c1nc2ccc(NC(=O)NCc3ccncc3)cc2o1. The van der Waals surface area contributed by atoms with Crippen LogP contribution in [0.1, 0.15) is 11.1 Å². The molecular formula is C21H18N4O2. The fourth-order valence-corrected chi connectivity index (χ4v) is 2.79. The highest BCUT2D eigenvalue weighted by atomic mass is 16.3. The Hall–Kier alpha value is -3.67. The summed E-state index contributed by atoms with van der Waals surface area (Å²) in [6, 6.07) is 16.8. The van der Waals surface area contributed by atoms with Crippen LogP contribution in [0, 0.1) is 6.92 Å². The summed E-state index contributed by atoms with van der Waals surface area (Å²) in [5.74, 6) is 0.572. The monoisotopic (exact) mass is 358 g/mol. The van der Waals surface area contributed by atoms with E-state index in [-0.39, 0.29) is 6.03 Å². The lowest BCUT2D eigenvalue weighted by Gasteiger charge is -2.07. The highest BCUT2D eigenvalue weighted by Crippen LogP contribution is 2.28. The van der Waals surface area contributed by atoms with Gasteiger partial charge >= 0.3 is 6.03 Å². The second kappa shape index (κ2) is 7.29. The van der Waals surface area contributed by atoms with Gasteiger partial charge in [-0.25, -0.2) is 9.78 Å². The first kappa shape index (κ1) is 16.8. The summed E-state index contributed by atoms with van der Waals surface area (Å²) in [6.07, 6.45) is 3.39. The van der Waals surface area contributed by atoms with E-state index in [1.165, 1.54) is 0 Å². The highest BCUT2D eigenvalue weighted by molar-refractivity contribution is 5.91. The maximum absolute atomic E-state index is 12.1. The van der Waals surface area contributed by atoms with Gasteiger partial charge in [-0.2, -0.15) is 0 Å². The second-order valence-electron chi connectivity index (χ2n) is 6.18. The number of nitrogens with zero attached hydrogens (tertiary/aromatic N) is 2. The van der Waals surface area contributed by atoms with Crippen molar-refractivity contribution in [3.63, 3.8) is 0 Å². The number of nitrogens with one attached hydrogen (secondary N) is 2. The molecule has 134 valence electrons. The number of carbonyl (C=O) groups excluding carboxylic acids is 1. The first-order chi connectivity index (χ1) is 13.2. The van der Waals surface area contributed by atoms with Crippen LogP contribution >= 0.6 is 0 Å². The quantitative estimate of drug-likeness (QED) is 0.562. The molecule has 0 aliphatic rings. The van der Waals surface area contributed by atoms with Gasteiger partial charge < -0.3 is 15.1 Å². The van der Waals surface area contributed by atoms with Crippen LogP contribution in [0.2, 0.25) is 0 Å². The molecule has 2 aromatic heterocycles. The van der Waals surface area contributed by atoms with Crippen molar-refractivity contribution < 1.29 is 9.21 Å². The molecule has 4 rings (SSSR count). The smallest absolute Gasteiger partial charge is 0.319 e. The number of aromatic nitrogens is 2.